The predicted octanol–water partition coefficient (Wildman–Crippen LogP) is 0.169. The minimum atomic E-state index is 0.197. The van der Waals surface area contributed by atoms with Crippen molar-refractivity contribution in [3.63, 3.8) is 0 Å². The van der Waals surface area contributed by atoms with Crippen LogP contribution in [0.5, 0.6) is 0 Å². The lowest BCUT2D eigenvalue weighted by molar-refractivity contribution is 0.511. The maximum absolute atomic E-state index is 9.66. The summed E-state index contributed by atoms with van der Waals surface area (Å²) in [6.07, 6.45) is 5.97. The minimum absolute atomic E-state index is 0.197. The van der Waals surface area contributed by atoms with Gasteiger partial charge < -0.3 is 15.8 Å². The molecule has 0 spiro atoms. The van der Waals surface area contributed by atoms with Gasteiger partial charge in [-0.15, -0.1) is 0 Å². The van der Waals surface area contributed by atoms with Crippen LogP contribution in [-0.2, 0) is 6.42 Å². The average Bonchev–Trinajstić information content (AvgIpc) is 2.60. The Morgan fingerprint density at radius 3 is 2.93 bits per heavy atom. The number of aliphatic hydroxyl groups excluding tert-OH is 1. The average molecular weight is 192 g/mol. The molecule has 1 aromatic heterocycles. The number of aliphatic hydroxyl groups is 1. The first-order valence-electron chi connectivity index (χ1n) is 4.63. The van der Waals surface area contributed by atoms with Crippen LogP contribution in [0.3, 0.4) is 0 Å². The molecule has 0 aromatic carbocycles. The van der Waals surface area contributed by atoms with Crippen molar-refractivity contribution in [2.75, 3.05) is 6.54 Å². The number of aromatic nitrogens is 1. The topological polar surface area (TPSA) is 62.0 Å². The lowest BCUT2D eigenvalue weighted by Gasteiger charge is -1.94. The van der Waals surface area contributed by atoms with E-state index in [-0.39, 0.29) is 5.76 Å². The molecule has 4 N–H and O–H groups in total. The standard InChI is InChI=1S/C11H16N2O/c1-3-9-11(10(14)4-2)8(5-6-12)7-13-9/h3-4,7,13-14H,2,5-6,12H2,1H3/b9-3+,11-10+. The van der Waals surface area contributed by atoms with Crippen molar-refractivity contribution >= 4 is 11.8 Å². The minimum Gasteiger partial charge on any atom is -0.507 e. The Morgan fingerprint density at radius 2 is 2.43 bits per heavy atom. The highest BCUT2D eigenvalue weighted by atomic mass is 16.3. The molecule has 0 aliphatic heterocycles. The lowest BCUT2D eigenvalue weighted by Crippen LogP contribution is -2.28. The molecule has 3 heteroatoms. The van der Waals surface area contributed by atoms with E-state index in [9.17, 15) is 5.11 Å². The second-order valence-corrected chi connectivity index (χ2v) is 3.02. The Bertz CT molecular complexity index is 429. The summed E-state index contributed by atoms with van der Waals surface area (Å²) < 4.78 is 0. The Morgan fingerprint density at radius 1 is 1.71 bits per heavy atom. The van der Waals surface area contributed by atoms with Crippen molar-refractivity contribution in [2.24, 2.45) is 5.73 Å². The highest BCUT2D eigenvalue weighted by Gasteiger charge is 2.01. The van der Waals surface area contributed by atoms with Gasteiger partial charge >= 0.3 is 0 Å². The summed E-state index contributed by atoms with van der Waals surface area (Å²) in [5, 5.41) is 11.4. The highest BCUT2D eigenvalue weighted by Crippen LogP contribution is 1.91. The molecule has 1 rings (SSSR count). The van der Waals surface area contributed by atoms with Crippen LogP contribution in [0.25, 0.3) is 11.8 Å². The largest absolute Gasteiger partial charge is 0.507 e. The summed E-state index contributed by atoms with van der Waals surface area (Å²) >= 11 is 0. The Kier molecular flexibility index (Phi) is 3.54. The number of rotatable bonds is 3. The van der Waals surface area contributed by atoms with E-state index in [0.29, 0.717) is 6.54 Å². The quantitative estimate of drug-likeness (QED) is 0.639. The molecule has 3 nitrogen and oxygen atoms in total. The van der Waals surface area contributed by atoms with Crippen molar-refractivity contribution in [3.8, 4) is 0 Å². The number of hydrogen-bond donors (Lipinski definition) is 3. The normalized spacial score (nSPS) is 14.3. The fourth-order valence-corrected chi connectivity index (χ4v) is 1.47. The van der Waals surface area contributed by atoms with E-state index in [0.717, 1.165) is 22.6 Å². The molecule has 0 saturated carbocycles. The number of H-pyrrole nitrogens is 1. The summed E-state index contributed by atoms with van der Waals surface area (Å²) in [5.74, 6) is 0.197. The third-order valence-corrected chi connectivity index (χ3v) is 2.14. The molecule has 76 valence electrons. The molecule has 1 aromatic rings. The zero-order chi connectivity index (χ0) is 10.6. The smallest absolute Gasteiger partial charge is 0.124 e. The van der Waals surface area contributed by atoms with Gasteiger partial charge in [0, 0.05) is 16.8 Å². The van der Waals surface area contributed by atoms with E-state index >= 15 is 0 Å². The van der Waals surface area contributed by atoms with Crippen LogP contribution in [0, 0.1) is 0 Å². The third-order valence-electron chi connectivity index (χ3n) is 2.14. The molecule has 0 aliphatic carbocycles. The molecule has 1 heterocycles. The zero-order valence-corrected chi connectivity index (χ0v) is 8.38. The predicted molar refractivity (Wildman–Crippen MR) is 59.2 cm³/mol. The summed E-state index contributed by atoms with van der Waals surface area (Å²) in [4.78, 5) is 3.08. The second kappa shape index (κ2) is 4.67. The molecule has 0 aliphatic rings. The first kappa shape index (κ1) is 10.6. The van der Waals surface area contributed by atoms with Gasteiger partial charge in [0.25, 0.3) is 0 Å². The second-order valence-electron chi connectivity index (χ2n) is 3.02. The fourth-order valence-electron chi connectivity index (χ4n) is 1.47. The molecular formula is C11H16N2O. The SMILES string of the molecule is C=C/C(O)=c1/c(CCN)c[nH]/c1=C/C. The molecule has 0 bridgehead atoms. The maximum Gasteiger partial charge on any atom is 0.124 e. The number of aromatic amines is 1. The molecular weight excluding hydrogens is 176 g/mol. The van der Waals surface area contributed by atoms with Crippen molar-refractivity contribution < 1.29 is 5.11 Å². The van der Waals surface area contributed by atoms with Crippen LogP contribution >= 0.6 is 0 Å². The fraction of sp³-hybridized carbons (Fsp3) is 0.273. The van der Waals surface area contributed by atoms with Crippen molar-refractivity contribution in [2.45, 2.75) is 13.3 Å². The van der Waals surface area contributed by atoms with Gasteiger partial charge in [0.15, 0.2) is 0 Å². The van der Waals surface area contributed by atoms with E-state index in [1.165, 1.54) is 6.08 Å². The summed E-state index contributed by atoms with van der Waals surface area (Å²) in [7, 11) is 0. The van der Waals surface area contributed by atoms with Gasteiger partial charge in [-0.1, -0.05) is 12.7 Å². The van der Waals surface area contributed by atoms with Gasteiger partial charge in [0.1, 0.15) is 5.76 Å². The van der Waals surface area contributed by atoms with Crippen LogP contribution in [0.1, 0.15) is 12.5 Å². The summed E-state index contributed by atoms with van der Waals surface area (Å²) in [6.45, 7) is 6.03. The zero-order valence-electron chi connectivity index (χ0n) is 8.38. The molecule has 0 amide bonds. The Balaban J connectivity index is 3.50. The Hall–Kier alpha value is -1.48. The van der Waals surface area contributed by atoms with Crippen LogP contribution in [0.4, 0.5) is 0 Å². The Labute approximate surface area is 83.3 Å². The maximum atomic E-state index is 9.66. The van der Waals surface area contributed by atoms with Gasteiger partial charge in [-0.25, -0.2) is 0 Å². The van der Waals surface area contributed by atoms with E-state index in [1.54, 1.807) is 0 Å². The van der Waals surface area contributed by atoms with Crippen LogP contribution in [-0.4, -0.2) is 16.6 Å². The van der Waals surface area contributed by atoms with Gasteiger partial charge in [-0.3, -0.25) is 0 Å². The lowest BCUT2D eigenvalue weighted by atomic mass is 10.1. The van der Waals surface area contributed by atoms with Crippen LogP contribution in [0.2, 0.25) is 0 Å². The number of nitrogens with two attached hydrogens (primary N) is 1. The molecule has 0 radical (unpaired) electrons. The molecule has 0 unspecified atom stereocenters. The van der Waals surface area contributed by atoms with Crippen molar-refractivity contribution in [1.29, 1.82) is 0 Å². The number of nitrogens with one attached hydrogen (secondary N) is 1. The summed E-state index contributed by atoms with van der Waals surface area (Å²) in [5.41, 5.74) is 6.51. The van der Waals surface area contributed by atoms with Gasteiger partial charge in [-0.2, -0.15) is 0 Å². The van der Waals surface area contributed by atoms with E-state index < -0.39 is 0 Å². The van der Waals surface area contributed by atoms with Crippen LogP contribution in [0.15, 0.2) is 18.9 Å². The van der Waals surface area contributed by atoms with E-state index in [2.05, 4.69) is 11.6 Å². The van der Waals surface area contributed by atoms with Crippen molar-refractivity contribution in [1.82, 2.24) is 4.98 Å². The monoisotopic (exact) mass is 192 g/mol. The van der Waals surface area contributed by atoms with Gasteiger partial charge in [0.2, 0.25) is 0 Å². The molecule has 0 fully saturated rings. The molecule has 0 atom stereocenters. The van der Waals surface area contributed by atoms with E-state index in [4.69, 9.17) is 5.73 Å². The molecule has 0 saturated heterocycles. The van der Waals surface area contributed by atoms with Crippen molar-refractivity contribution in [3.05, 3.63) is 35.0 Å². The first-order valence-corrected chi connectivity index (χ1v) is 4.63. The van der Waals surface area contributed by atoms with Gasteiger partial charge in [-0.05, 0) is 31.5 Å². The molecule has 14 heavy (non-hydrogen) atoms. The van der Waals surface area contributed by atoms with E-state index in [1.807, 2.05) is 19.2 Å². The summed E-state index contributed by atoms with van der Waals surface area (Å²) in [6, 6.07) is 0. The van der Waals surface area contributed by atoms with Gasteiger partial charge in [0.05, 0.1) is 0 Å². The first-order chi connectivity index (χ1) is 6.74. The number of hydrogen-bond acceptors (Lipinski definition) is 2. The third kappa shape index (κ3) is 1.88. The van der Waals surface area contributed by atoms with Crippen LogP contribution < -0.4 is 16.3 Å². The highest BCUT2D eigenvalue weighted by molar-refractivity contribution is 5.49.